The summed E-state index contributed by atoms with van der Waals surface area (Å²) in [5.41, 5.74) is 3.85. The molecule has 0 N–H and O–H groups in total. The Balaban J connectivity index is 1.97. The van der Waals surface area contributed by atoms with Gasteiger partial charge in [0.25, 0.3) is 0 Å². The van der Waals surface area contributed by atoms with Crippen molar-refractivity contribution in [2.24, 2.45) is 0 Å². The van der Waals surface area contributed by atoms with Gasteiger partial charge in [-0.25, -0.2) is 0 Å². The second kappa shape index (κ2) is 4.94. The highest BCUT2D eigenvalue weighted by Gasteiger charge is 2.23. The lowest BCUT2D eigenvalue weighted by Crippen LogP contribution is -2.14. The van der Waals surface area contributed by atoms with Gasteiger partial charge < -0.3 is 0 Å². The molecule has 0 saturated heterocycles. The minimum absolute atomic E-state index is 0.186. The van der Waals surface area contributed by atoms with Crippen molar-refractivity contribution in [1.82, 2.24) is 0 Å². The predicted octanol–water partition coefficient (Wildman–Crippen LogP) is 5.37. The number of benzene rings is 3. The minimum Gasteiger partial charge on any atom is -0.0839 e. The lowest BCUT2D eigenvalue weighted by molar-refractivity contribution is 1.09. The Kier molecular flexibility index (Phi) is 2.94. The maximum Gasteiger partial charge on any atom is 0.0448 e. The summed E-state index contributed by atoms with van der Waals surface area (Å²) in [6, 6.07) is 23.6. The smallest absolute Gasteiger partial charge is 0.0448 e. The number of rotatable bonds is 1. The number of fused-ring (bicyclic) bond motifs is 2. The van der Waals surface area contributed by atoms with Gasteiger partial charge in [0.15, 0.2) is 0 Å². The molecule has 100 valence electrons. The number of hydrogen-bond acceptors (Lipinski definition) is 1. The standard InChI is InChI=1S/C20H14S/c21-19-11-10-17-12-15-8-4-5-9-16(15)13-18(17)20(19)14-6-2-1-3-7-14/h1-13,20H. The van der Waals surface area contributed by atoms with Crippen molar-refractivity contribution >= 4 is 33.9 Å². The van der Waals surface area contributed by atoms with Crippen LogP contribution in [0.3, 0.4) is 0 Å². The van der Waals surface area contributed by atoms with Crippen LogP contribution < -0.4 is 0 Å². The second-order valence-corrected chi connectivity index (χ2v) is 5.88. The van der Waals surface area contributed by atoms with Crippen LogP contribution in [0, 0.1) is 0 Å². The number of thiocarbonyl (C=S) groups is 1. The summed E-state index contributed by atoms with van der Waals surface area (Å²) in [5, 5.41) is 2.55. The molecule has 0 aromatic heterocycles. The Labute approximate surface area is 129 Å². The molecule has 4 rings (SSSR count). The molecule has 0 saturated carbocycles. The maximum atomic E-state index is 5.62. The van der Waals surface area contributed by atoms with E-state index in [0.29, 0.717) is 0 Å². The van der Waals surface area contributed by atoms with E-state index in [2.05, 4.69) is 72.8 Å². The van der Waals surface area contributed by atoms with Crippen molar-refractivity contribution in [3.05, 3.63) is 89.5 Å². The van der Waals surface area contributed by atoms with Gasteiger partial charge in [0, 0.05) is 10.8 Å². The second-order valence-electron chi connectivity index (χ2n) is 5.41. The fourth-order valence-electron chi connectivity index (χ4n) is 3.08. The largest absolute Gasteiger partial charge is 0.0839 e. The van der Waals surface area contributed by atoms with Crippen LogP contribution in [0.1, 0.15) is 22.6 Å². The van der Waals surface area contributed by atoms with Gasteiger partial charge in [0.1, 0.15) is 0 Å². The molecule has 3 aromatic carbocycles. The van der Waals surface area contributed by atoms with E-state index in [1.165, 1.54) is 27.5 Å². The molecule has 1 unspecified atom stereocenters. The summed E-state index contributed by atoms with van der Waals surface area (Å²) in [6.45, 7) is 0. The Morgan fingerprint density at radius 2 is 1.38 bits per heavy atom. The Morgan fingerprint density at radius 1 is 0.714 bits per heavy atom. The summed E-state index contributed by atoms with van der Waals surface area (Å²) < 4.78 is 0. The van der Waals surface area contributed by atoms with Crippen LogP contribution in [0.25, 0.3) is 16.8 Å². The third-order valence-corrected chi connectivity index (χ3v) is 4.48. The van der Waals surface area contributed by atoms with Crippen LogP contribution in [-0.2, 0) is 0 Å². The van der Waals surface area contributed by atoms with Crippen LogP contribution >= 0.6 is 12.2 Å². The van der Waals surface area contributed by atoms with Crippen molar-refractivity contribution in [3.63, 3.8) is 0 Å². The molecule has 1 aliphatic rings. The van der Waals surface area contributed by atoms with E-state index in [1.807, 2.05) is 6.07 Å². The van der Waals surface area contributed by atoms with Crippen molar-refractivity contribution < 1.29 is 0 Å². The van der Waals surface area contributed by atoms with Crippen molar-refractivity contribution in [2.45, 2.75) is 5.92 Å². The topological polar surface area (TPSA) is 0 Å². The monoisotopic (exact) mass is 286 g/mol. The van der Waals surface area contributed by atoms with Gasteiger partial charge >= 0.3 is 0 Å². The van der Waals surface area contributed by atoms with Crippen molar-refractivity contribution in [3.8, 4) is 0 Å². The zero-order valence-corrected chi connectivity index (χ0v) is 12.3. The van der Waals surface area contributed by atoms with Gasteiger partial charge in [-0.15, -0.1) is 0 Å². The van der Waals surface area contributed by atoms with Crippen molar-refractivity contribution in [2.75, 3.05) is 0 Å². The summed E-state index contributed by atoms with van der Waals surface area (Å²) in [7, 11) is 0. The molecule has 0 heterocycles. The molecule has 1 heteroatoms. The van der Waals surface area contributed by atoms with E-state index in [4.69, 9.17) is 12.2 Å². The van der Waals surface area contributed by atoms with Gasteiger partial charge in [0.05, 0.1) is 0 Å². The average Bonchev–Trinajstić information content (AvgIpc) is 2.54. The summed E-state index contributed by atoms with van der Waals surface area (Å²) in [6.07, 6.45) is 4.22. The van der Waals surface area contributed by atoms with E-state index in [0.717, 1.165) is 4.86 Å². The third kappa shape index (κ3) is 2.10. The SMILES string of the molecule is S=C1C=Cc2cc3ccccc3cc2C1c1ccccc1. The van der Waals surface area contributed by atoms with E-state index in [-0.39, 0.29) is 5.92 Å². The number of hydrogen-bond donors (Lipinski definition) is 0. The fraction of sp³-hybridized carbons (Fsp3) is 0.0500. The van der Waals surface area contributed by atoms with Gasteiger partial charge in [0.2, 0.25) is 0 Å². The van der Waals surface area contributed by atoms with Gasteiger partial charge in [-0.3, -0.25) is 0 Å². The maximum absolute atomic E-state index is 5.62. The molecule has 1 aliphatic carbocycles. The molecule has 0 amide bonds. The van der Waals surface area contributed by atoms with Crippen LogP contribution in [0.5, 0.6) is 0 Å². The molecule has 1 atom stereocenters. The molecule has 21 heavy (non-hydrogen) atoms. The van der Waals surface area contributed by atoms with E-state index in [1.54, 1.807) is 0 Å². The fourth-order valence-corrected chi connectivity index (χ4v) is 3.41. The molecular weight excluding hydrogens is 272 g/mol. The normalized spacial score (nSPS) is 17.0. The van der Waals surface area contributed by atoms with Gasteiger partial charge in [-0.05, 0) is 45.7 Å². The molecular formula is C20H14S. The van der Waals surface area contributed by atoms with Crippen molar-refractivity contribution in [1.29, 1.82) is 0 Å². The van der Waals surface area contributed by atoms with Gasteiger partial charge in [-0.1, -0.05) is 72.9 Å². The molecule has 0 fully saturated rings. The molecule has 3 aromatic rings. The third-order valence-electron chi connectivity index (χ3n) is 4.11. The van der Waals surface area contributed by atoms with Crippen LogP contribution in [0.2, 0.25) is 0 Å². The molecule has 0 bridgehead atoms. The first-order valence-electron chi connectivity index (χ1n) is 7.12. The minimum atomic E-state index is 0.186. The van der Waals surface area contributed by atoms with Crippen LogP contribution in [0.15, 0.2) is 72.8 Å². The molecule has 0 aliphatic heterocycles. The van der Waals surface area contributed by atoms with E-state index in [9.17, 15) is 0 Å². The molecule has 0 spiro atoms. The molecule has 0 nitrogen and oxygen atoms in total. The first-order chi connectivity index (χ1) is 10.3. The summed E-state index contributed by atoms with van der Waals surface area (Å²) >= 11 is 5.62. The highest BCUT2D eigenvalue weighted by Crippen LogP contribution is 2.36. The highest BCUT2D eigenvalue weighted by atomic mass is 32.1. The quantitative estimate of drug-likeness (QED) is 0.542. The first kappa shape index (κ1) is 12.5. The lowest BCUT2D eigenvalue weighted by atomic mass is 9.81. The average molecular weight is 286 g/mol. The molecule has 0 radical (unpaired) electrons. The van der Waals surface area contributed by atoms with Crippen LogP contribution in [-0.4, -0.2) is 4.86 Å². The Hall–Kier alpha value is -2.25. The predicted molar refractivity (Wildman–Crippen MR) is 93.9 cm³/mol. The highest BCUT2D eigenvalue weighted by molar-refractivity contribution is 7.80. The van der Waals surface area contributed by atoms with Gasteiger partial charge in [-0.2, -0.15) is 0 Å². The first-order valence-corrected chi connectivity index (χ1v) is 7.53. The summed E-state index contributed by atoms with van der Waals surface area (Å²) in [4.78, 5) is 0.990. The zero-order valence-electron chi connectivity index (χ0n) is 11.5. The van der Waals surface area contributed by atoms with Crippen LogP contribution in [0.4, 0.5) is 0 Å². The lowest BCUT2D eigenvalue weighted by Gasteiger charge is -2.24. The summed E-state index contributed by atoms with van der Waals surface area (Å²) in [5.74, 6) is 0.186. The number of allylic oxidation sites excluding steroid dienone is 1. The van der Waals surface area contributed by atoms with E-state index >= 15 is 0 Å². The zero-order chi connectivity index (χ0) is 14.2. The Morgan fingerprint density at radius 3 is 2.14 bits per heavy atom. The van der Waals surface area contributed by atoms with E-state index < -0.39 is 0 Å². The Bertz CT molecular complexity index is 859.